The highest BCUT2D eigenvalue weighted by Gasteiger charge is 2.24. The first-order chi connectivity index (χ1) is 14.3. The van der Waals surface area contributed by atoms with Crippen molar-refractivity contribution in [3.63, 3.8) is 0 Å². The van der Waals surface area contributed by atoms with Gasteiger partial charge in [0, 0.05) is 26.2 Å². The molecular weight excluding hydrogens is 388 g/mol. The second-order valence-electron chi connectivity index (χ2n) is 6.54. The van der Waals surface area contributed by atoms with Crippen LogP contribution in [0.3, 0.4) is 0 Å². The van der Waals surface area contributed by atoms with E-state index in [0.717, 1.165) is 11.6 Å². The zero-order valence-electron chi connectivity index (χ0n) is 16.7. The molecule has 0 saturated carbocycles. The molecule has 1 N–H and O–H groups in total. The molecule has 0 aliphatic heterocycles. The minimum atomic E-state index is -1.09. The molecular formula is C21H22N4O5. The van der Waals surface area contributed by atoms with Crippen molar-refractivity contribution in [3.05, 3.63) is 69.8 Å². The van der Waals surface area contributed by atoms with Crippen LogP contribution in [0.15, 0.2) is 48.5 Å². The number of hydrogen-bond acceptors (Lipinski definition) is 7. The number of carbonyl (C=O) groups is 2. The third kappa shape index (κ3) is 6.04. The van der Waals surface area contributed by atoms with Crippen LogP contribution in [-0.2, 0) is 16.1 Å². The number of esters is 1. The number of amides is 1. The van der Waals surface area contributed by atoms with E-state index in [1.165, 1.54) is 31.0 Å². The summed E-state index contributed by atoms with van der Waals surface area (Å²) in [6, 6.07) is 15.3. The van der Waals surface area contributed by atoms with Crippen molar-refractivity contribution in [1.29, 1.82) is 5.26 Å². The van der Waals surface area contributed by atoms with Gasteiger partial charge in [-0.25, -0.2) is 4.79 Å². The minimum Gasteiger partial charge on any atom is -0.449 e. The first-order valence-electron chi connectivity index (χ1n) is 9.22. The fourth-order valence-corrected chi connectivity index (χ4v) is 2.67. The van der Waals surface area contributed by atoms with Gasteiger partial charge in [-0.05, 0) is 24.6 Å². The number of hydrogen-bond donors (Lipinski definition) is 1. The molecule has 0 aromatic heterocycles. The maximum absolute atomic E-state index is 12.4. The summed E-state index contributed by atoms with van der Waals surface area (Å²) in [7, 11) is 1.50. The van der Waals surface area contributed by atoms with Gasteiger partial charge in [-0.1, -0.05) is 30.3 Å². The van der Waals surface area contributed by atoms with Crippen LogP contribution in [0.5, 0.6) is 0 Å². The Balaban J connectivity index is 2.09. The zero-order valence-corrected chi connectivity index (χ0v) is 16.7. The lowest BCUT2D eigenvalue weighted by molar-refractivity contribution is -0.384. The number of nitrogens with zero attached hydrogens (tertiary/aromatic N) is 3. The summed E-state index contributed by atoms with van der Waals surface area (Å²) >= 11 is 0. The quantitative estimate of drug-likeness (QED) is 0.382. The van der Waals surface area contributed by atoms with Gasteiger partial charge in [-0.2, -0.15) is 5.26 Å². The van der Waals surface area contributed by atoms with Crippen molar-refractivity contribution in [2.75, 3.05) is 18.9 Å². The number of nitro groups is 1. The van der Waals surface area contributed by atoms with Crippen LogP contribution in [0.2, 0.25) is 0 Å². The number of benzene rings is 2. The topological polar surface area (TPSA) is 126 Å². The number of ether oxygens (including phenoxy) is 1. The van der Waals surface area contributed by atoms with Crippen LogP contribution in [0.4, 0.5) is 11.4 Å². The van der Waals surface area contributed by atoms with E-state index < -0.39 is 22.9 Å². The lowest BCUT2D eigenvalue weighted by Gasteiger charge is -2.20. The van der Waals surface area contributed by atoms with Crippen LogP contribution in [0.1, 0.15) is 29.3 Å². The van der Waals surface area contributed by atoms with Gasteiger partial charge in [-0.15, -0.1) is 0 Å². The maximum Gasteiger partial charge on any atom is 0.339 e. The monoisotopic (exact) mass is 410 g/mol. The average molecular weight is 410 g/mol. The summed E-state index contributed by atoms with van der Waals surface area (Å²) in [5.41, 5.74) is 0.903. The number of likely N-dealkylation sites (N-methyl/N-ethyl adjacent to an activating group) is 1. The molecule has 30 heavy (non-hydrogen) atoms. The second-order valence-corrected chi connectivity index (χ2v) is 6.54. The molecule has 1 amide bonds. The van der Waals surface area contributed by atoms with E-state index in [-0.39, 0.29) is 29.9 Å². The molecule has 2 rings (SSSR count). The largest absolute Gasteiger partial charge is 0.449 e. The molecule has 156 valence electrons. The zero-order chi connectivity index (χ0) is 22.1. The molecule has 0 saturated heterocycles. The summed E-state index contributed by atoms with van der Waals surface area (Å²) in [6.07, 6.45) is -0.928. The number of nitriles is 1. The van der Waals surface area contributed by atoms with Gasteiger partial charge in [0.05, 0.1) is 23.0 Å². The normalized spacial score (nSPS) is 11.1. The summed E-state index contributed by atoms with van der Waals surface area (Å²) in [6.45, 7) is 2.00. The molecule has 9 heteroatoms. The van der Waals surface area contributed by atoms with Gasteiger partial charge >= 0.3 is 5.97 Å². The lowest BCUT2D eigenvalue weighted by Crippen LogP contribution is -2.37. The van der Waals surface area contributed by atoms with E-state index in [1.807, 2.05) is 36.4 Å². The highest BCUT2D eigenvalue weighted by atomic mass is 16.6. The molecule has 0 bridgehead atoms. The van der Waals surface area contributed by atoms with Gasteiger partial charge < -0.3 is 15.0 Å². The fourth-order valence-electron chi connectivity index (χ4n) is 2.67. The summed E-state index contributed by atoms with van der Waals surface area (Å²) in [5, 5.41) is 23.0. The smallest absolute Gasteiger partial charge is 0.339 e. The average Bonchev–Trinajstić information content (AvgIpc) is 2.75. The van der Waals surface area contributed by atoms with Crippen molar-refractivity contribution in [3.8, 4) is 6.07 Å². The highest BCUT2D eigenvalue weighted by Crippen LogP contribution is 2.26. The standard InChI is InChI=1S/C21H22N4O5/c1-15(20(26)24(2)12-6-11-22)30-21(27)17-9-10-18(19(13-17)25(28)29)23-14-16-7-4-3-5-8-16/h3-5,7-10,13,15,23H,6,12,14H2,1-2H3/t15-/m1/s1. The Kier molecular flexibility index (Phi) is 7.88. The first-order valence-corrected chi connectivity index (χ1v) is 9.22. The second kappa shape index (κ2) is 10.6. The third-order valence-corrected chi connectivity index (χ3v) is 4.32. The van der Waals surface area contributed by atoms with Crippen LogP contribution < -0.4 is 5.32 Å². The Bertz CT molecular complexity index is 956. The molecule has 0 radical (unpaired) electrons. The molecule has 0 aliphatic carbocycles. The van der Waals surface area contributed by atoms with Crippen molar-refractivity contribution in [1.82, 2.24) is 4.90 Å². The van der Waals surface area contributed by atoms with Crippen LogP contribution in [0.25, 0.3) is 0 Å². The molecule has 2 aromatic carbocycles. The lowest BCUT2D eigenvalue weighted by atomic mass is 10.1. The molecule has 0 fully saturated rings. The SMILES string of the molecule is C[C@@H](OC(=O)c1ccc(NCc2ccccc2)c([N+](=O)[O-])c1)C(=O)N(C)CCC#N. The first kappa shape index (κ1) is 22.4. The Hall–Kier alpha value is -3.93. The van der Waals surface area contributed by atoms with Gasteiger partial charge in [0.1, 0.15) is 5.69 Å². The van der Waals surface area contributed by atoms with E-state index in [4.69, 9.17) is 10.00 Å². The van der Waals surface area contributed by atoms with Gasteiger partial charge in [-0.3, -0.25) is 14.9 Å². The van der Waals surface area contributed by atoms with Gasteiger partial charge in [0.2, 0.25) is 0 Å². The Morgan fingerprint density at radius 2 is 1.97 bits per heavy atom. The predicted octanol–water partition coefficient (Wildman–Crippen LogP) is 3.12. The van der Waals surface area contributed by atoms with E-state index in [9.17, 15) is 19.7 Å². The number of nitrogens with one attached hydrogen (secondary N) is 1. The molecule has 0 aliphatic rings. The van der Waals surface area contributed by atoms with Gasteiger partial charge in [0.15, 0.2) is 6.10 Å². The fraction of sp³-hybridized carbons (Fsp3) is 0.286. The van der Waals surface area contributed by atoms with Crippen LogP contribution in [0, 0.1) is 21.4 Å². The molecule has 0 heterocycles. The van der Waals surface area contributed by atoms with E-state index >= 15 is 0 Å². The van der Waals surface area contributed by atoms with E-state index in [1.54, 1.807) is 0 Å². The van der Waals surface area contributed by atoms with Crippen molar-refractivity contribution in [2.24, 2.45) is 0 Å². The summed E-state index contributed by atoms with van der Waals surface area (Å²) < 4.78 is 5.15. The third-order valence-electron chi connectivity index (χ3n) is 4.32. The van der Waals surface area contributed by atoms with Crippen LogP contribution in [-0.4, -0.2) is 41.4 Å². The molecule has 9 nitrogen and oxygen atoms in total. The number of nitro benzene ring substituents is 1. The van der Waals surface area contributed by atoms with Crippen molar-refractivity contribution >= 4 is 23.3 Å². The number of carbonyl (C=O) groups excluding carboxylic acids is 2. The Morgan fingerprint density at radius 3 is 2.60 bits per heavy atom. The Labute approximate surface area is 174 Å². The van der Waals surface area contributed by atoms with E-state index in [2.05, 4.69) is 5.32 Å². The Morgan fingerprint density at radius 1 is 1.27 bits per heavy atom. The molecule has 2 aromatic rings. The van der Waals surface area contributed by atoms with Gasteiger partial charge in [0.25, 0.3) is 11.6 Å². The summed E-state index contributed by atoms with van der Waals surface area (Å²) in [4.78, 5) is 36.7. The maximum atomic E-state index is 12.4. The molecule has 0 unspecified atom stereocenters. The minimum absolute atomic E-state index is 0.0358. The number of anilines is 1. The highest BCUT2D eigenvalue weighted by molar-refractivity contribution is 5.93. The van der Waals surface area contributed by atoms with Crippen molar-refractivity contribution in [2.45, 2.75) is 26.0 Å². The van der Waals surface area contributed by atoms with E-state index in [0.29, 0.717) is 6.54 Å². The predicted molar refractivity (Wildman–Crippen MR) is 110 cm³/mol. The van der Waals surface area contributed by atoms with Crippen molar-refractivity contribution < 1.29 is 19.2 Å². The molecule has 1 atom stereocenters. The molecule has 0 spiro atoms. The number of rotatable bonds is 9. The summed E-state index contributed by atoms with van der Waals surface area (Å²) in [5.74, 6) is -1.31. The van der Waals surface area contributed by atoms with Crippen LogP contribution >= 0.6 is 0 Å².